The number of nitrogens with one attached hydrogen (secondary N) is 1. The van der Waals surface area contributed by atoms with E-state index in [4.69, 9.17) is 19.4 Å². The second-order valence-corrected chi connectivity index (χ2v) is 5.09. The maximum Gasteiger partial charge on any atom is 0.511 e. The van der Waals surface area contributed by atoms with Crippen LogP contribution in [-0.4, -0.2) is 47.4 Å². The van der Waals surface area contributed by atoms with Crippen molar-refractivity contribution in [3.8, 4) is 0 Å². The predicted molar refractivity (Wildman–Crippen MR) is 59.8 cm³/mol. The molecule has 0 aliphatic carbocycles. The fraction of sp³-hybridized carbons (Fsp3) is 0.900. The zero-order valence-corrected chi connectivity index (χ0v) is 11.0. The van der Waals surface area contributed by atoms with E-state index in [1.165, 1.54) is 11.9 Å². The number of hydrogen-bond acceptors (Lipinski definition) is 7. The van der Waals surface area contributed by atoms with Crippen LogP contribution in [0.15, 0.2) is 0 Å². The number of β-amino-alcohol motifs (C(OH)–C–C–N with tert-alkyl or cyclic N) is 1. The highest BCUT2D eigenvalue weighted by Crippen LogP contribution is 2.09. The average Bonchev–Trinajstić information content (AvgIpc) is 2.08. The predicted octanol–water partition coefficient (Wildman–Crippen LogP) is -0.810. The Hall–Kier alpha value is -0.930. The molecule has 1 rings (SSSR count). The molecule has 1 heterocycles. The number of carbonyl (C=O) groups is 1. The van der Waals surface area contributed by atoms with Crippen molar-refractivity contribution in [3.05, 3.63) is 5.21 Å². The average molecular weight is 264 g/mol. The first kappa shape index (κ1) is 15.1. The van der Waals surface area contributed by atoms with E-state index in [0.717, 1.165) is 0 Å². The van der Waals surface area contributed by atoms with Crippen LogP contribution in [-0.2, 0) is 14.3 Å². The standard InChI is InChI=1S/C10H20N2O6/c1-7(16-9(14)17-10(2,3)4)18-12(15)11-5-8(13)6-11/h7-8,12-13H,5-6H2,1-4H3. The Kier molecular flexibility index (Phi) is 4.88. The van der Waals surface area contributed by atoms with Gasteiger partial charge in [0.15, 0.2) is 0 Å². The summed E-state index contributed by atoms with van der Waals surface area (Å²) in [5, 5.41) is 21.1. The summed E-state index contributed by atoms with van der Waals surface area (Å²) in [7, 11) is 0. The summed E-state index contributed by atoms with van der Waals surface area (Å²) in [6.07, 6.45) is -2.43. The molecule has 8 nitrogen and oxygen atoms in total. The second kappa shape index (κ2) is 5.81. The molecule has 106 valence electrons. The molecule has 1 aliphatic heterocycles. The lowest BCUT2D eigenvalue weighted by molar-refractivity contribution is -1.16. The molecule has 2 unspecified atom stereocenters. The lowest BCUT2D eigenvalue weighted by atomic mass is 10.2. The number of ether oxygens (including phenoxy) is 2. The number of rotatable bonds is 4. The van der Waals surface area contributed by atoms with E-state index in [1.54, 1.807) is 20.8 Å². The lowest BCUT2D eigenvalue weighted by Gasteiger charge is -2.40. The first-order valence-electron chi connectivity index (χ1n) is 5.70. The number of aliphatic hydroxyl groups excluding tert-OH is 1. The van der Waals surface area contributed by atoms with Crippen LogP contribution in [0.25, 0.3) is 0 Å². The largest absolute Gasteiger partial charge is 0.579 e. The fourth-order valence-electron chi connectivity index (χ4n) is 1.25. The van der Waals surface area contributed by atoms with Crippen molar-refractivity contribution in [2.75, 3.05) is 13.1 Å². The van der Waals surface area contributed by atoms with E-state index in [9.17, 15) is 10.0 Å². The lowest BCUT2D eigenvalue weighted by Crippen LogP contribution is -3.16. The molecule has 2 N–H and O–H groups in total. The van der Waals surface area contributed by atoms with Crippen LogP contribution < -0.4 is 5.34 Å². The van der Waals surface area contributed by atoms with Crippen molar-refractivity contribution in [1.82, 2.24) is 5.01 Å². The Morgan fingerprint density at radius 1 is 1.50 bits per heavy atom. The van der Waals surface area contributed by atoms with Gasteiger partial charge in [0, 0.05) is 6.92 Å². The molecular formula is C10H20N2O6. The van der Waals surface area contributed by atoms with Gasteiger partial charge in [-0.3, -0.25) is 0 Å². The van der Waals surface area contributed by atoms with E-state index >= 15 is 0 Å². The summed E-state index contributed by atoms with van der Waals surface area (Å²) in [5.74, 6) is 0. The molecule has 1 saturated heterocycles. The SMILES string of the molecule is CC(OC(=O)OC(C)(C)C)O[NH+]([O-])N1CC(O)C1. The van der Waals surface area contributed by atoms with Crippen LogP contribution >= 0.6 is 0 Å². The summed E-state index contributed by atoms with van der Waals surface area (Å²) >= 11 is 0. The Balaban J connectivity index is 2.24. The van der Waals surface area contributed by atoms with Gasteiger partial charge in [-0.1, -0.05) is 0 Å². The van der Waals surface area contributed by atoms with Gasteiger partial charge in [-0.15, -0.1) is 15.2 Å². The van der Waals surface area contributed by atoms with Crippen molar-refractivity contribution in [2.24, 2.45) is 0 Å². The molecule has 1 aliphatic rings. The van der Waals surface area contributed by atoms with E-state index in [2.05, 4.69) is 0 Å². The van der Waals surface area contributed by atoms with Crippen molar-refractivity contribution >= 4 is 6.16 Å². The van der Waals surface area contributed by atoms with E-state index in [1.807, 2.05) is 0 Å². The third-order valence-corrected chi connectivity index (χ3v) is 2.04. The van der Waals surface area contributed by atoms with Crippen LogP contribution in [0, 0.1) is 5.21 Å². The summed E-state index contributed by atoms with van der Waals surface area (Å²) in [4.78, 5) is 16.1. The molecule has 0 radical (unpaired) electrons. The first-order chi connectivity index (χ1) is 8.17. The summed E-state index contributed by atoms with van der Waals surface area (Å²) in [6.45, 7) is 6.99. The van der Waals surface area contributed by atoms with Gasteiger partial charge in [-0.25, -0.2) is 4.79 Å². The van der Waals surface area contributed by atoms with Crippen LogP contribution in [0.5, 0.6) is 0 Å². The Morgan fingerprint density at radius 3 is 2.50 bits per heavy atom. The van der Waals surface area contributed by atoms with Crippen LogP contribution in [0.3, 0.4) is 0 Å². The Labute approximate surface area is 106 Å². The molecule has 2 atom stereocenters. The topological polar surface area (TPSA) is 95.7 Å². The number of carbonyl (C=O) groups excluding carboxylic acids is 1. The molecule has 18 heavy (non-hydrogen) atoms. The van der Waals surface area contributed by atoms with Gasteiger partial charge in [0.25, 0.3) is 6.29 Å². The fourth-order valence-corrected chi connectivity index (χ4v) is 1.25. The molecule has 0 aromatic heterocycles. The molecule has 0 spiro atoms. The number of nitrogens with zero attached hydrogens (tertiary/aromatic N) is 1. The molecule has 0 aromatic carbocycles. The van der Waals surface area contributed by atoms with Gasteiger partial charge >= 0.3 is 6.16 Å². The number of aliphatic hydroxyl groups is 1. The van der Waals surface area contributed by atoms with Crippen LogP contribution in [0.4, 0.5) is 4.79 Å². The molecule has 0 saturated carbocycles. The zero-order chi connectivity index (χ0) is 13.9. The van der Waals surface area contributed by atoms with Gasteiger partial charge in [-0.2, -0.15) is 0 Å². The van der Waals surface area contributed by atoms with Crippen LogP contribution in [0.2, 0.25) is 0 Å². The summed E-state index contributed by atoms with van der Waals surface area (Å²) < 4.78 is 9.65. The zero-order valence-electron chi connectivity index (χ0n) is 11.0. The monoisotopic (exact) mass is 264 g/mol. The normalized spacial score (nSPS) is 21.0. The number of quaternary nitrogens is 1. The summed E-state index contributed by atoms with van der Waals surface area (Å²) in [5.41, 5.74) is -0.664. The van der Waals surface area contributed by atoms with Crippen molar-refractivity contribution in [1.29, 1.82) is 0 Å². The Bertz CT molecular complexity index is 287. The second-order valence-electron chi connectivity index (χ2n) is 5.09. The minimum Gasteiger partial charge on any atom is -0.579 e. The van der Waals surface area contributed by atoms with E-state index in [0.29, 0.717) is 0 Å². The van der Waals surface area contributed by atoms with Gasteiger partial charge in [0.05, 0.1) is 19.2 Å². The molecule has 1 fully saturated rings. The van der Waals surface area contributed by atoms with Crippen molar-refractivity contribution in [2.45, 2.75) is 45.7 Å². The smallest absolute Gasteiger partial charge is 0.511 e. The molecular weight excluding hydrogens is 244 g/mol. The Morgan fingerprint density at radius 2 is 2.06 bits per heavy atom. The maximum absolute atomic E-state index is 11.4. The minimum atomic E-state index is -1.04. The minimum absolute atomic E-state index is 0.234. The van der Waals surface area contributed by atoms with E-state index in [-0.39, 0.29) is 13.1 Å². The highest BCUT2D eigenvalue weighted by Gasteiger charge is 2.32. The molecule has 0 aromatic rings. The highest BCUT2D eigenvalue weighted by molar-refractivity contribution is 5.60. The summed E-state index contributed by atoms with van der Waals surface area (Å²) in [6, 6.07) is 0. The number of hydrogen-bond donors (Lipinski definition) is 2. The van der Waals surface area contributed by atoms with E-state index < -0.39 is 29.5 Å². The maximum atomic E-state index is 11.4. The molecule has 8 heteroatoms. The quantitative estimate of drug-likeness (QED) is 0.389. The van der Waals surface area contributed by atoms with Gasteiger partial charge in [-0.05, 0) is 20.8 Å². The van der Waals surface area contributed by atoms with Crippen LogP contribution in [0.1, 0.15) is 27.7 Å². The van der Waals surface area contributed by atoms with Gasteiger partial charge in [0.1, 0.15) is 5.60 Å². The highest BCUT2D eigenvalue weighted by atomic mass is 17.0. The third-order valence-electron chi connectivity index (χ3n) is 2.04. The van der Waals surface area contributed by atoms with Gasteiger partial charge < -0.3 is 19.8 Å². The third kappa shape index (κ3) is 5.15. The molecule has 0 bridgehead atoms. The van der Waals surface area contributed by atoms with Gasteiger partial charge in [0.2, 0.25) is 0 Å². The van der Waals surface area contributed by atoms with Crippen molar-refractivity contribution in [3.63, 3.8) is 0 Å². The first-order valence-corrected chi connectivity index (χ1v) is 5.70. The van der Waals surface area contributed by atoms with Crippen molar-refractivity contribution < 1.29 is 29.5 Å². The molecule has 0 amide bonds.